The van der Waals surface area contributed by atoms with Gasteiger partial charge in [-0.05, 0) is 26.2 Å². The van der Waals surface area contributed by atoms with Gasteiger partial charge in [-0.2, -0.15) is 0 Å². The van der Waals surface area contributed by atoms with Crippen molar-refractivity contribution in [2.75, 3.05) is 18.8 Å². The summed E-state index contributed by atoms with van der Waals surface area (Å²) in [7, 11) is 0. The van der Waals surface area contributed by atoms with Gasteiger partial charge in [0.05, 0.1) is 0 Å². The Morgan fingerprint density at radius 3 is 2.70 bits per heavy atom. The standard InChI is InChI=1S/C12H19N5O3/c1-9(11(19)16-5-3-2-4-6-16)20-10(18)7-17-8-14-12(13)15-17/h8-9H,2-7H2,1H3,(H2,13,15). The molecule has 0 bridgehead atoms. The van der Waals surface area contributed by atoms with Crippen LogP contribution in [0.5, 0.6) is 0 Å². The summed E-state index contributed by atoms with van der Waals surface area (Å²) >= 11 is 0. The fraction of sp³-hybridized carbons (Fsp3) is 0.667. The summed E-state index contributed by atoms with van der Waals surface area (Å²) in [4.78, 5) is 29.2. The molecule has 0 aromatic carbocycles. The molecule has 1 amide bonds. The molecule has 2 rings (SSSR count). The molecule has 1 aliphatic heterocycles. The number of amides is 1. The number of anilines is 1. The molecule has 20 heavy (non-hydrogen) atoms. The second kappa shape index (κ2) is 6.36. The maximum Gasteiger partial charge on any atom is 0.328 e. The fourth-order valence-electron chi connectivity index (χ4n) is 2.17. The third-order valence-electron chi connectivity index (χ3n) is 3.17. The van der Waals surface area contributed by atoms with Crippen LogP contribution in [0.25, 0.3) is 0 Å². The molecule has 0 radical (unpaired) electrons. The lowest BCUT2D eigenvalue weighted by atomic mass is 10.1. The van der Waals surface area contributed by atoms with E-state index in [2.05, 4.69) is 10.1 Å². The number of hydrogen-bond donors (Lipinski definition) is 1. The van der Waals surface area contributed by atoms with Gasteiger partial charge in [-0.15, -0.1) is 5.10 Å². The zero-order valence-corrected chi connectivity index (χ0v) is 11.5. The molecular weight excluding hydrogens is 262 g/mol. The highest BCUT2D eigenvalue weighted by Gasteiger charge is 2.25. The van der Waals surface area contributed by atoms with Crippen LogP contribution in [0.1, 0.15) is 26.2 Å². The van der Waals surface area contributed by atoms with Crippen LogP contribution in [0.15, 0.2) is 6.33 Å². The maximum absolute atomic E-state index is 12.1. The molecule has 0 saturated carbocycles. The summed E-state index contributed by atoms with van der Waals surface area (Å²) in [5, 5.41) is 3.78. The predicted molar refractivity (Wildman–Crippen MR) is 70.4 cm³/mol. The molecule has 1 saturated heterocycles. The highest BCUT2D eigenvalue weighted by molar-refractivity contribution is 5.83. The van der Waals surface area contributed by atoms with E-state index in [1.165, 1.54) is 11.0 Å². The average Bonchev–Trinajstić information content (AvgIpc) is 2.84. The van der Waals surface area contributed by atoms with E-state index in [1.54, 1.807) is 11.8 Å². The number of aromatic nitrogens is 3. The summed E-state index contributed by atoms with van der Waals surface area (Å²) < 4.78 is 6.39. The SMILES string of the molecule is CC(OC(=O)Cn1cnc(N)n1)C(=O)N1CCCCC1. The van der Waals surface area contributed by atoms with E-state index < -0.39 is 12.1 Å². The van der Waals surface area contributed by atoms with Crippen LogP contribution in [0.2, 0.25) is 0 Å². The Labute approximate surface area is 116 Å². The molecule has 1 unspecified atom stereocenters. The molecule has 0 aliphatic carbocycles. The molecule has 110 valence electrons. The minimum absolute atomic E-state index is 0.0928. The van der Waals surface area contributed by atoms with Crippen LogP contribution < -0.4 is 5.73 Å². The van der Waals surface area contributed by atoms with Crippen LogP contribution in [-0.2, 0) is 20.9 Å². The number of carbonyl (C=O) groups is 2. The molecule has 1 fully saturated rings. The molecule has 2 N–H and O–H groups in total. The first kappa shape index (κ1) is 14.3. The van der Waals surface area contributed by atoms with Crippen molar-refractivity contribution in [1.82, 2.24) is 19.7 Å². The Hall–Kier alpha value is -2.12. The number of ether oxygens (including phenoxy) is 1. The lowest BCUT2D eigenvalue weighted by Crippen LogP contribution is -2.43. The van der Waals surface area contributed by atoms with Crippen LogP contribution in [0.3, 0.4) is 0 Å². The first-order valence-corrected chi connectivity index (χ1v) is 6.69. The number of rotatable bonds is 4. The molecule has 1 aromatic heterocycles. The summed E-state index contributed by atoms with van der Waals surface area (Å²) in [6, 6.07) is 0. The fourth-order valence-corrected chi connectivity index (χ4v) is 2.17. The average molecular weight is 281 g/mol. The highest BCUT2D eigenvalue weighted by Crippen LogP contribution is 2.11. The monoisotopic (exact) mass is 281 g/mol. The number of carbonyl (C=O) groups excluding carboxylic acids is 2. The number of likely N-dealkylation sites (tertiary alicyclic amines) is 1. The van der Waals surface area contributed by atoms with Crippen molar-refractivity contribution >= 4 is 17.8 Å². The van der Waals surface area contributed by atoms with Gasteiger partial charge in [0.1, 0.15) is 12.9 Å². The lowest BCUT2D eigenvalue weighted by molar-refractivity contribution is -0.160. The Kier molecular flexibility index (Phi) is 4.54. The van der Waals surface area contributed by atoms with Crippen molar-refractivity contribution in [1.29, 1.82) is 0 Å². The topological polar surface area (TPSA) is 103 Å². The number of hydrogen-bond acceptors (Lipinski definition) is 6. The lowest BCUT2D eigenvalue weighted by Gasteiger charge is -2.28. The summed E-state index contributed by atoms with van der Waals surface area (Å²) in [5.74, 6) is -0.584. The van der Waals surface area contributed by atoms with Gasteiger partial charge in [0.2, 0.25) is 5.95 Å². The summed E-state index contributed by atoms with van der Waals surface area (Å²) in [6.45, 7) is 2.95. The predicted octanol–water partition coefficient (Wildman–Crippen LogP) is -0.195. The molecule has 8 heteroatoms. The van der Waals surface area contributed by atoms with Crippen molar-refractivity contribution in [2.24, 2.45) is 0 Å². The molecular formula is C12H19N5O3. The number of nitrogens with two attached hydrogens (primary N) is 1. The Balaban J connectivity index is 1.82. The van der Waals surface area contributed by atoms with Crippen molar-refractivity contribution in [3.8, 4) is 0 Å². The number of nitrogen functional groups attached to an aromatic ring is 1. The first-order chi connectivity index (χ1) is 9.56. The van der Waals surface area contributed by atoms with Crippen LogP contribution in [0, 0.1) is 0 Å². The summed E-state index contributed by atoms with van der Waals surface area (Å²) in [6.07, 6.45) is 3.72. The van der Waals surface area contributed by atoms with Gasteiger partial charge in [-0.3, -0.25) is 9.59 Å². The van der Waals surface area contributed by atoms with E-state index in [4.69, 9.17) is 10.5 Å². The van der Waals surface area contributed by atoms with Crippen molar-refractivity contribution in [3.05, 3.63) is 6.33 Å². The van der Waals surface area contributed by atoms with Crippen LogP contribution in [-0.4, -0.2) is 50.7 Å². The minimum atomic E-state index is -0.776. The largest absolute Gasteiger partial charge is 0.451 e. The van der Waals surface area contributed by atoms with Gasteiger partial charge in [0.15, 0.2) is 6.10 Å². The van der Waals surface area contributed by atoms with E-state index >= 15 is 0 Å². The Morgan fingerprint density at radius 1 is 1.40 bits per heavy atom. The third-order valence-corrected chi connectivity index (χ3v) is 3.17. The minimum Gasteiger partial charge on any atom is -0.451 e. The van der Waals surface area contributed by atoms with E-state index in [-0.39, 0.29) is 18.4 Å². The van der Waals surface area contributed by atoms with Gasteiger partial charge in [-0.1, -0.05) is 0 Å². The number of nitrogens with zero attached hydrogens (tertiary/aromatic N) is 4. The molecule has 8 nitrogen and oxygen atoms in total. The van der Waals surface area contributed by atoms with Gasteiger partial charge < -0.3 is 15.4 Å². The van der Waals surface area contributed by atoms with Crippen LogP contribution in [0.4, 0.5) is 5.95 Å². The second-order valence-corrected chi connectivity index (χ2v) is 4.82. The van der Waals surface area contributed by atoms with Gasteiger partial charge >= 0.3 is 5.97 Å². The van der Waals surface area contributed by atoms with Crippen LogP contribution >= 0.6 is 0 Å². The van der Waals surface area contributed by atoms with E-state index in [0.717, 1.165) is 32.4 Å². The van der Waals surface area contributed by atoms with E-state index in [1.807, 2.05) is 0 Å². The zero-order valence-electron chi connectivity index (χ0n) is 11.5. The van der Waals surface area contributed by atoms with Gasteiger partial charge in [0, 0.05) is 13.1 Å². The molecule has 0 spiro atoms. The van der Waals surface area contributed by atoms with Crippen molar-refractivity contribution in [3.63, 3.8) is 0 Å². The molecule has 1 aromatic rings. The van der Waals surface area contributed by atoms with Gasteiger partial charge in [-0.25, -0.2) is 9.67 Å². The normalized spacial score (nSPS) is 16.8. The second-order valence-electron chi connectivity index (χ2n) is 4.82. The molecule has 2 heterocycles. The van der Waals surface area contributed by atoms with Crippen molar-refractivity contribution in [2.45, 2.75) is 38.8 Å². The van der Waals surface area contributed by atoms with E-state index in [0.29, 0.717) is 0 Å². The Bertz CT molecular complexity index is 481. The third kappa shape index (κ3) is 3.69. The maximum atomic E-state index is 12.1. The highest BCUT2D eigenvalue weighted by atomic mass is 16.5. The van der Waals surface area contributed by atoms with Gasteiger partial charge in [0.25, 0.3) is 5.91 Å². The number of piperidine rings is 1. The first-order valence-electron chi connectivity index (χ1n) is 6.69. The Morgan fingerprint density at radius 2 is 2.10 bits per heavy atom. The smallest absolute Gasteiger partial charge is 0.328 e. The van der Waals surface area contributed by atoms with Crippen molar-refractivity contribution < 1.29 is 14.3 Å². The number of esters is 1. The summed E-state index contributed by atoms with van der Waals surface area (Å²) in [5.41, 5.74) is 5.35. The zero-order chi connectivity index (χ0) is 14.5. The quantitative estimate of drug-likeness (QED) is 0.767. The molecule has 1 atom stereocenters. The molecule has 1 aliphatic rings. The van der Waals surface area contributed by atoms with E-state index in [9.17, 15) is 9.59 Å².